The predicted molar refractivity (Wildman–Crippen MR) is 127 cm³/mol. The zero-order valence-electron chi connectivity index (χ0n) is 19.3. The lowest BCUT2D eigenvalue weighted by Crippen LogP contribution is -2.41. The Morgan fingerprint density at radius 3 is 2.18 bits per heavy atom. The first-order valence-electron chi connectivity index (χ1n) is 11.0. The highest BCUT2D eigenvalue weighted by atomic mass is 32.2. The molecular weight excluding hydrogens is 462 g/mol. The first kappa shape index (κ1) is 24.3. The second-order valence-electron chi connectivity index (χ2n) is 7.82. The van der Waals surface area contributed by atoms with Gasteiger partial charge in [0, 0.05) is 43.6 Å². The van der Waals surface area contributed by atoms with Gasteiger partial charge >= 0.3 is 0 Å². The molecule has 2 aliphatic heterocycles. The maximum absolute atomic E-state index is 13.4. The Labute approximate surface area is 199 Å². The number of hydrogen-bond acceptors (Lipinski definition) is 8. The molecule has 0 atom stereocenters. The van der Waals surface area contributed by atoms with Crippen LogP contribution in [0.2, 0.25) is 0 Å². The number of benzene rings is 2. The molecule has 0 unspecified atom stereocenters. The number of ether oxygens (including phenoxy) is 4. The number of hydrogen-bond donors (Lipinski definition) is 1. The summed E-state index contributed by atoms with van der Waals surface area (Å²) in [5, 5.41) is 2.86. The summed E-state index contributed by atoms with van der Waals surface area (Å²) in [6.45, 7) is 3.52. The molecule has 2 fully saturated rings. The summed E-state index contributed by atoms with van der Waals surface area (Å²) >= 11 is 0. The van der Waals surface area contributed by atoms with Gasteiger partial charge in [0.05, 0.1) is 51.1 Å². The molecule has 2 heterocycles. The molecule has 0 aromatic heterocycles. The average molecular weight is 492 g/mol. The van der Waals surface area contributed by atoms with Gasteiger partial charge in [-0.2, -0.15) is 4.31 Å². The molecule has 0 saturated carbocycles. The molecule has 11 heteroatoms. The molecule has 1 amide bonds. The number of sulfonamides is 1. The van der Waals surface area contributed by atoms with Crippen LogP contribution in [0.25, 0.3) is 0 Å². The maximum atomic E-state index is 13.4. The lowest BCUT2D eigenvalue weighted by atomic mass is 10.1. The zero-order chi connectivity index (χ0) is 24.1. The van der Waals surface area contributed by atoms with Gasteiger partial charge in [0.25, 0.3) is 5.91 Å². The van der Waals surface area contributed by atoms with E-state index in [0.29, 0.717) is 62.4 Å². The zero-order valence-corrected chi connectivity index (χ0v) is 20.1. The monoisotopic (exact) mass is 491 g/mol. The molecule has 4 rings (SSSR count). The molecule has 0 radical (unpaired) electrons. The van der Waals surface area contributed by atoms with Crippen molar-refractivity contribution in [3.05, 3.63) is 42.0 Å². The van der Waals surface area contributed by atoms with Crippen molar-refractivity contribution in [2.45, 2.75) is 4.90 Å². The van der Waals surface area contributed by atoms with Gasteiger partial charge in [-0.25, -0.2) is 8.42 Å². The lowest BCUT2D eigenvalue weighted by molar-refractivity contribution is 0.0730. The second kappa shape index (κ2) is 10.6. The molecule has 1 N–H and O–H groups in total. The third-order valence-electron chi connectivity index (χ3n) is 5.81. The van der Waals surface area contributed by atoms with Crippen molar-refractivity contribution in [3.8, 4) is 11.5 Å². The van der Waals surface area contributed by atoms with E-state index < -0.39 is 15.9 Å². The number of rotatable bonds is 7. The fourth-order valence-electron chi connectivity index (χ4n) is 3.99. The molecule has 2 aliphatic rings. The number of anilines is 2. The Kier molecular flexibility index (Phi) is 7.57. The van der Waals surface area contributed by atoms with E-state index >= 15 is 0 Å². The van der Waals surface area contributed by atoms with Crippen LogP contribution in [0.15, 0.2) is 41.3 Å². The van der Waals surface area contributed by atoms with Gasteiger partial charge in [0.2, 0.25) is 10.0 Å². The van der Waals surface area contributed by atoms with Crippen molar-refractivity contribution in [1.82, 2.24) is 4.31 Å². The van der Waals surface area contributed by atoms with Gasteiger partial charge in [-0.15, -0.1) is 0 Å². The first-order valence-corrected chi connectivity index (χ1v) is 12.5. The quantitative estimate of drug-likeness (QED) is 0.625. The van der Waals surface area contributed by atoms with Crippen LogP contribution in [-0.2, 0) is 19.5 Å². The van der Waals surface area contributed by atoms with Crippen LogP contribution in [0.5, 0.6) is 11.5 Å². The van der Waals surface area contributed by atoms with Gasteiger partial charge in [-0.05, 0) is 30.3 Å². The third kappa shape index (κ3) is 5.12. The summed E-state index contributed by atoms with van der Waals surface area (Å²) in [6.07, 6.45) is 0. The van der Waals surface area contributed by atoms with Crippen LogP contribution in [0, 0.1) is 0 Å². The molecule has 0 aliphatic carbocycles. The summed E-state index contributed by atoms with van der Waals surface area (Å²) in [4.78, 5) is 15.5. The van der Waals surface area contributed by atoms with Crippen LogP contribution < -0.4 is 19.7 Å². The van der Waals surface area contributed by atoms with Crippen LogP contribution in [0.3, 0.4) is 0 Å². The van der Waals surface area contributed by atoms with E-state index in [1.165, 1.54) is 24.6 Å². The van der Waals surface area contributed by atoms with E-state index in [-0.39, 0.29) is 23.5 Å². The van der Waals surface area contributed by atoms with E-state index in [9.17, 15) is 13.2 Å². The number of nitrogens with zero attached hydrogens (tertiary/aromatic N) is 2. The van der Waals surface area contributed by atoms with Crippen LogP contribution in [-0.4, -0.2) is 85.5 Å². The number of methoxy groups -OCH3 is 2. The molecule has 10 nitrogen and oxygen atoms in total. The smallest absolute Gasteiger partial charge is 0.257 e. The van der Waals surface area contributed by atoms with Crippen molar-refractivity contribution >= 4 is 27.3 Å². The Balaban J connectivity index is 1.69. The number of amides is 1. The van der Waals surface area contributed by atoms with E-state index in [0.717, 1.165) is 0 Å². The Hall–Kier alpha value is -2.86. The summed E-state index contributed by atoms with van der Waals surface area (Å²) in [6, 6.07) is 9.74. The number of carbonyl (C=O) groups is 1. The molecule has 0 bridgehead atoms. The fraction of sp³-hybridized carbons (Fsp3) is 0.435. The predicted octanol–water partition coefficient (Wildman–Crippen LogP) is 1.81. The molecule has 2 aromatic carbocycles. The van der Waals surface area contributed by atoms with Crippen LogP contribution >= 0.6 is 0 Å². The normalized spacial score (nSPS) is 17.3. The Bertz CT molecular complexity index is 1130. The SMILES string of the molecule is COc1ccc(NC(=O)c2cc(S(=O)(=O)N3CCOCC3)ccc2N2CCOCC2)cc1OC. The molecule has 2 saturated heterocycles. The second-order valence-corrected chi connectivity index (χ2v) is 9.76. The summed E-state index contributed by atoms with van der Waals surface area (Å²) in [5.74, 6) is 0.582. The number of morpholine rings is 2. The van der Waals surface area contributed by atoms with E-state index in [1.54, 1.807) is 30.3 Å². The summed E-state index contributed by atoms with van der Waals surface area (Å²) < 4.78 is 49.2. The lowest BCUT2D eigenvalue weighted by Gasteiger charge is -2.31. The van der Waals surface area contributed by atoms with Crippen LogP contribution in [0.1, 0.15) is 10.4 Å². The standard InChI is InChI=1S/C23H29N3O7S/c1-30-21-6-3-17(15-22(21)31-2)24-23(27)19-16-18(34(28,29)26-9-13-33-14-10-26)4-5-20(19)25-7-11-32-12-8-25/h3-6,15-16H,7-14H2,1-2H3,(H,24,27). The molecule has 2 aromatic rings. The largest absolute Gasteiger partial charge is 0.493 e. The average Bonchev–Trinajstić information content (AvgIpc) is 2.89. The minimum atomic E-state index is -3.76. The highest BCUT2D eigenvalue weighted by Crippen LogP contribution is 2.31. The Morgan fingerprint density at radius 1 is 0.882 bits per heavy atom. The minimum Gasteiger partial charge on any atom is -0.493 e. The summed E-state index contributed by atoms with van der Waals surface area (Å²) in [5.41, 5.74) is 1.42. The van der Waals surface area contributed by atoms with E-state index in [2.05, 4.69) is 5.32 Å². The maximum Gasteiger partial charge on any atom is 0.257 e. The van der Waals surface area contributed by atoms with Gasteiger partial charge in [-0.3, -0.25) is 4.79 Å². The van der Waals surface area contributed by atoms with Crippen molar-refractivity contribution in [1.29, 1.82) is 0 Å². The number of nitrogens with one attached hydrogen (secondary N) is 1. The topological polar surface area (TPSA) is 107 Å². The van der Waals surface area contributed by atoms with Crippen LogP contribution in [0.4, 0.5) is 11.4 Å². The van der Waals surface area contributed by atoms with Gasteiger partial charge in [0.15, 0.2) is 11.5 Å². The minimum absolute atomic E-state index is 0.0730. The van der Waals surface area contributed by atoms with Gasteiger partial charge < -0.3 is 29.2 Å². The fourth-order valence-corrected chi connectivity index (χ4v) is 5.42. The highest BCUT2D eigenvalue weighted by molar-refractivity contribution is 7.89. The molecular formula is C23H29N3O7S. The van der Waals surface area contributed by atoms with Gasteiger partial charge in [-0.1, -0.05) is 0 Å². The van der Waals surface area contributed by atoms with Crippen molar-refractivity contribution in [2.75, 3.05) is 77.0 Å². The third-order valence-corrected chi connectivity index (χ3v) is 7.71. The van der Waals surface area contributed by atoms with Crippen molar-refractivity contribution < 1.29 is 32.2 Å². The molecule has 184 valence electrons. The highest BCUT2D eigenvalue weighted by Gasteiger charge is 2.29. The number of carbonyl (C=O) groups excluding carboxylic acids is 1. The van der Waals surface area contributed by atoms with Crippen molar-refractivity contribution in [3.63, 3.8) is 0 Å². The molecule has 0 spiro atoms. The van der Waals surface area contributed by atoms with Gasteiger partial charge in [0.1, 0.15) is 0 Å². The van der Waals surface area contributed by atoms with E-state index in [4.69, 9.17) is 18.9 Å². The molecule has 34 heavy (non-hydrogen) atoms. The van der Waals surface area contributed by atoms with Crippen molar-refractivity contribution in [2.24, 2.45) is 0 Å². The first-order chi connectivity index (χ1) is 16.4. The summed E-state index contributed by atoms with van der Waals surface area (Å²) in [7, 11) is -0.718. The van der Waals surface area contributed by atoms with E-state index in [1.807, 2.05) is 4.90 Å². The Morgan fingerprint density at radius 2 is 1.53 bits per heavy atom.